The zero-order valence-corrected chi connectivity index (χ0v) is 10.5. The van der Waals surface area contributed by atoms with E-state index >= 15 is 0 Å². The summed E-state index contributed by atoms with van der Waals surface area (Å²) in [4.78, 5) is 1.41. The lowest BCUT2D eigenvalue weighted by Crippen LogP contribution is -2.42. The van der Waals surface area contributed by atoms with E-state index in [2.05, 4.69) is 38.7 Å². The Hall–Kier alpha value is 0.1000. The van der Waals surface area contributed by atoms with Gasteiger partial charge in [0, 0.05) is 24.0 Å². The number of hydrogen-bond donors (Lipinski definition) is 2. The lowest BCUT2D eigenvalue weighted by molar-refractivity contribution is 0.390. The van der Waals surface area contributed by atoms with Crippen LogP contribution < -0.4 is 10.6 Å². The van der Waals surface area contributed by atoms with E-state index in [0.29, 0.717) is 6.04 Å². The molecule has 0 saturated carbocycles. The van der Waals surface area contributed by atoms with Crippen molar-refractivity contribution in [3.05, 3.63) is 20.8 Å². The molecular formula is C10H15BrN2S. The molecule has 1 aromatic rings. The Morgan fingerprint density at radius 3 is 3.14 bits per heavy atom. The summed E-state index contributed by atoms with van der Waals surface area (Å²) in [6, 6.07) is 4.95. The van der Waals surface area contributed by atoms with Crippen LogP contribution >= 0.6 is 27.3 Å². The SMILES string of the molecule is Brc1ccc(CNC2CCCNC2)s1. The molecule has 0 spiro atoms. The van der Waals surface area contributed by atoms with Gasteiger partial charge in [-0.2, -0.15) is 0 Å². The van der Waals surface area contributed by atoms with E-state index in [-0.39, 0.29) is 0 Å². The van der Waals surface area contributed by atoms with Crippen LogP contribution in [0, 0.1) is 0 Å². The Labute approximate surface area is 97.2 Å². The molecule has 4 heteroatoms. The highest BCUT2D eigenvalue weighted by Crippen LogP contribution is 2.21. The minimum Gasteiger partial charge on any atom is -0.315 e. The molecule has 2 N–H and O–H groups in total. The first kappa shape index (κ1) is 10.6. The molecule has 1 atom stereocenters. The van der Waals surface area contributed by atoms with Gasteiger partial charge in [-0.1, -0.05) is 0 Å². The first-order chi connectivity index (χ1) is 6.84. The second-order valence-electron chi connectivity index (χ2n) is 3.63. The Morgan fingerprint density at radius 1 is 1.57 bits per heavy atom. The van der Waals surface area contributed by atoms with Crippen molar-refractivity contribution in [2.75, 3.05) is 13.1 Å². The van der Waals surface area contributed by atoms with Gasteiger partial charge in [-0.15, -0.1) is 11.3 Å². The van der Waals surface area contributed by atoms with Crippen molar-refractivity contribution in [2.24, 2.45) is 0 Å². The molecule has 1 saturated heterocycles. The number of piperidine rings is 1. The summed E-state index contributed by atoms with van der Waals surface area (Å²) in [6.07, 6.45) is 2.60. The summed E-state index contributed by atoms with van der Waals surface area (Å²) in [5, 5.41) is 6.99. The molecular weight excluding hydrogens is 260 g/mol. The van der Waals surface area contributed by atoms with Crippen LogP contribution in [0.25, 0.3) is 0 Å². The highest BCUT2D eigenvalue weighted by atomic mass is 79.9. The van der Waals surface area contributed by atoms with Gasteiger partial charge in [0.15, 0.2) is 0 Å². The number of halogens is 1. The summed E-state index contributed by atoms with van der Waals surface area (Å²) < 4.78 is 1.22. The molecule has 2 heterocycles. The minimum atomic E-state index is 0.657. The number of rotatable bonds is 3. The molecule has 0 radical (unpaired) electrons. The van der Waals surface area contributed by atoms with Gasteiger partial charge in [-0.3, -0.25) is 0 Å². The summed E-state index contributed by atoms with van der Waals surface area (Å²) in [5.74, 6) is 0. The van der Waals surface area contributed by atoms with Crippen LogP contribution in [0.1, 0.15) is 17.7 Å². The third-order valence-electron chi connectivity index (χ3n) is 2.49. The molecule has 2 nitrogen and oxygen atoms in total. The average molecular weight is 275 g/mol. The van der Waals surface area contributed by atoms with Crippen molar-refractivity contribution in [2.45, 2.75) is 25.4 Å². The van der Waals surface area contributed by atoms with E-state index < -0.39 is 0 Å². The molecule has 0 amide bonds. The third-order valence-corrected chi connectivity index (χ3v) is 4.11. The highest BCUT2D eigenvalue weighted by molar-refractivity contribution is 9.11. The maximum atomic E-state index is 3.58. The summed E-state index contributed by atoms with van der Waals surface area (Å²) in [7, 11) is 0. The number of thiophene rings is 1. The van der Waals surface area contributed by atoms with Crippen molar-refractivity contribution in [1.29, 1.82) is 0 Å². The van der Waals surface area contributed by atoms with Gasteiger partial charge >= 0.3 is 0 Å². The van der Waals surface area contributed by atoms with Crippen LogP contribution in [0.15, 0.2) is 15.9 Å². The van der Waals surface area contributed by atoms with Gasteiger partial charge in [0.05, 0.1) is 3.79 Å². The second-order valence-corrected chi connectivity index (χ2v) is 6.18. The zero-order valence-electron chi connectivity index (χ0n) is 8.05. The molecule has 78 valence electrons. The Bertz CT molecular complexity index is 281. The van der Waals surface area contributed by atoms with E-state index in [1.54, 1.807) is 0 Å². The van der Waals surface area contributed by atoms with Gasteiger partial charge in [0.1, 0.15) is 0 Å². The Balaban J connectivity index is 1.76. The van der Waals surface area contributed by atoms with Crippen LogP contribution in [-0.4, -0.2) is 19.1 Å². The second kappa shape index (κ2) is 5.26. The Morgan fingerprint density at radius 2 is 2.50 bits per heavy atom. The predicted octanol–water partition coefficient (Wildman–Crippen LogP) is 2.35. The van der Waals surface area contributed by atoms with E-state index in [1.807, 2.05) is 11.3 Å². The minimum absolute atomic E-state index is 0.657. The van der Waals surface area contributed by atoms with E-state index in [9.17, 15) is 0 Å². The fourth-order valence-corrected chi connectivity index (χ4v) is 3.15. The van der Waals surface area contributed by atoms with Crippen molar-refractivity contribution in [3.8, 4) is 0 Å². The third kappa shape index (κ3) is 3.05. The topological polar surface area (TPSA) is 24.1 Å². The molecule has 0 aliphatic carbocycles. The molecule has 1 fully saturated rings. The number of hydrogen-bond acceptors (Lipinski definition) is 3. The first-order valence-corrected chi connectivity index (χ1v) is 6.64. The lowest BCUT2D eigenvalue weighted by Gasteiger charge is -2.23. The predicted molar refractivity (Wildman–Crippen MR) is 64.8 cm³/mol. The standard InChI is InChI=1S/C10H15BrN2S/c11-10-4-3-9(14-10)7-13-8-2-1-5-12-6-8/h3-4,8,12-13H,1-2,5-7H2. The molecule has 1 aliphatic heterocycles. The van der Waals surface area contributed by atoms with Gasteiger partial charge in [-0.05, 0) is 47.4 Å². The smallest absolute Gasteiger partial charge is 0.0701 e. The normalized spacial score (nSPS) is 22.5. The lowest BCUT2D eigenvalue weighted by atomic mass is 10.1. The van der Waals surface area contributed by atoms with Gasteiger partial charge < -0.3 is 10.6 Å². The zero-order chi connectivity index (χ0) is 9.80. The fraction of sp³-hybridized carbons (Fsp3) is 0.600. The first-order valence-electron chi connectivity index (χ1n) is 5.03. The highest BCUT2D eigenvalue weighted by Gasteiger charge is 2.11. The van der Waals surface area contributed by atoms with Crippen molar-refractivity contribution in [3.63, 3.8) is 0 Å². The quantitative estimate of drug-likeness (QED) is 0.885. The molecule has 1 aliphatic rings. The Kier molecular flexibility index (Phi) is 3.99. The van der Waals surface area contributed by atoms with Crippen molar-refractivity contribution >= 4 is 27.3 Å². The molecule has 1 aromatic heterocycles. The molecule has 1 unspecified atom stereocenters. The van der Waals surface area contributed by atoms with E-state index in [4.69, 9.17) is 0 Å². The van der Waals surface area contributed by atoms with Crippen molar-refractivity contribution in [1.82, 2.24) is 10.6 Å². The van der Waals surface area contributed by atoms with Gasteiger partial charge in [0.2, 0.25) is 0 Å². The largest absolute Gasteiger partial charge is 0.315 e. The van der Waals surface area contributed by atoms with Gasteiger partial charge in [0.25, 0.3) is 0 Å². The van der Waals surface area contributed by atoms with E-state index in [0.717, 1.165) is 13.1 Å². The van der Waals surface area contributed by atoms with Gasteiger partial charge in [-0.25, -0.2) is 0 Å². The average Bonchev–Trinajstić information content (AvgIpc) is 2.63. The van der Waals surface area contributed by atoms with E-state index in [1.165, 1.54) is 28.0 Å². The maximum Gasteiger partial charge on any atom is 0.0701 e. The van der Waals surface area contributed by atoms with Crippen LogP contribution in [0.2, 0.25) is 0 Å². The molecule has 0 bridgehead atoms. The summed E-state index contributed by atoms with van der Waals surface area (Å²) in [5.41, 5.74) is 0. The number of nitrogens with one attached hydrogen (secondary N) is 2. The van der Waals surface area contributed by atoms with Crippen LogP contribution in [0.5, 0.6) is 0 Å². The van der Waals surface area contributed by atoms with Crippen LogP contribution in [-0.2, 0) is 6.54 Å². The molecule has 2 rings (SSSR count). The van der Waals surface area contributed by atoms with Crippen LogP contribution in [0.4, 0.5) is 0 Å². The monoisotopic (exact) mass is 274 g/mol. The molecule has 14 heavy (non-hydrogen) atoms. The van der Waals surface area contributed by atoms with Crippen molar-refractivity contribution < 1.29 is 0 Å². The molecule has 0 aromatic carbocycles. The summed E-state index contributed by atoms with van der Waals surface area (Å²) in [6.45, 7) is 3.30. The fourth-order valence-electron chi connectivity index (χ4n) is 1.72. The van der Waals surface area contributed by atoms with Crippen LogP contribution in [0.3, 0.4) is 0 Å². The maximum absolute atomic E-state index is 3.58. The summed E-state index contributed by atoms with van der Waals surface area (Å²) >= 11 is 5.29.